The minimum atomic E-state index is -0.489. The monoisotopic (exact) mass is 302 g/mol. The molecule has 110 valence electrons. The average Bonchev–Trinajstić information content (AvgIpc) is 2.87. The van der Waals surface area contributed by atoms with Gasteiger partial charge in [0.15, 0.2) is 0 Å². The van der Waals surface area contributed by atoms with Gasteiger partial charge in [-0.25, -0.2) is 0 Å². The molecule has 1 unspecified atom stereocenters. The minimum absolute atomic E-state index is 0.0447. The van der Waals surface area contributed by atoms with Crippen molar-refractivity contribution in [3.8, 4) is 0 Å². The first kappa shape index (κ1) is 14.1. The number of thiophene rings is 1. The Morgan fingerprint density at radius 1 is 1.24 bits per heavy atom. The summed E-state index contributed by atoms with van der Waals surface area (Å²) in [7, 11) is 0. The first-order valence-corrected chi connectivity index (χ1v) is 7.82. The number of carbonyl (C=O) groups is 2. The van der Waals surface area contributed by atoms with Crippen LogP contribution in [0.3, 0.4) is 0 Å². The summed E-state index contributed by atoms with van der Waals surface area (Å²) in [4.78, 5) is 26.3. The fraction of sp³-hybridized carbons (Fsp3) is 0.375. The molecule has 2 aromatic rings. The van der Waals surface area contributed by atoms with Gasteiger partial charge in [0.2, 0.25) is 5.91 Å². The van der Waals surface area contributed by atoms with Crippen molar-refractivity contribution in [2.45, 2.75) is 26.8 Å². The number of carbonyl (C=O) groups excluding carboxylic acids is 2. The number of piperazine rings is 1. The molecular weight excluding hydrogens is 284 g/mol. The van der Waals surface area contributed by atoms with Crippen molar-refractivity contribution in [3.63, 3.8) is 0 Å². The van der Waals surface area contributed by atoms with E-state index in [1.165, 1.54) is 4.70 Å². The number of nitrogens with zero attached hydrogens (tertiary/aromatic N) is 1. The maximum absolute atomic E-state index is 12.7. The number of fused-ring (bicyclic) bond motifs is 1. The van der Waals surface area contributed by atoms with E-state index >= 15 is 0 Å². The average molecular weight is 302 g/mol. The summed E-state index contributed by atoms with van der Waals surface area (Å²) >= 11 is 1.67. The van der Waals surface area contributed by atoms with Crippen molar-refractivity contribution in [1.82, 2.24) is 5.32 Å². The number of nitrogens with one attached hydrogen (secondary N) is 1. The van der Waals surface area contributed by atoms with E-state index in [2.05, 4.69) is 5.32 Å². The maximum Gasteiger partial charge on any atom is 0.250 e. The Morgan fingerprint density at radius 2 is 2.00 bits per heavy atom. The zero-order valence-corrected chi connectivity index (χ0v) is 13.2. The van der Waals surface area contributed by atoms with Gasteiger partial charge in [-0.05, 0) is 40.4 Å². The lowest BCUT2D eigenvalue weighted by Gasteiger charge is -2.38. The molecule has 1 fully saturated rings. The molecule has 3 rings (SSSR count). The zero-order chi connectivity index (χ0) is 15.2. The van der Waals surface area contributed by atoms with Crippen molar-refractivity contribution in [3.05, 3.63) is 29.6 Å². The van der Waals surface area contributed by atoms with E-state index in [1.54, 1.807) is 16.2 Å². The van der Waals surface area contributed by atoms with Crippen LogP contribution < -0.4 is 10.2 Å². The van der Waals surface area contributed by atoms with Crippen LogP contribution in [0.15, 0.2) is 29.6 Å². The van der Waals surface area contributed by atoms with Crippen LogP contribution in [0.2, 0.25) is 0 Å². The highest BCUT2D eigenvalue weighted by molar-refractivity contribution is 7.17. The van der Waals surface area contributed by atoms with E-state index in [0.29, 0.717) is 0 Å². The largest absolute Gasteiger partial charge is 0.342 e. The molecule has 5 heteroatoms. The third-order valence-electron chi connectivity index (χ3n) is 3.73. The summed E-state index contributed by atoms with van der Waals surface area (Å²) in [6.45, 7) is 5.96. The van der Waals surface area contributed by atoms with Crippen LogP contribution in [0, 0.1) is 5.41 Å². The summed E-state index contributed by atoms with van der Waals surface area (Å²) in [5.74, 6) is -0.156. The Bertz CT molecular complexity index is 714. The third-order valence-corrected chi connectivity index (χ3v) is 4.63. The minimum Gasteiger partial charge on any atom is -0.342 e. The number of amides is 2. The SMILES string of the molecule is CC(C)(C)C1NC(=O)CN(c2ccc3sccc3c2)C1=O. The fourth-order valence-electron chi connectivity index (χ4n) is 2.57. The topological polar surface area (TPSA) is 49.4 Å². The molecule has 1 aromatic heterocycles. The predicted octanol–water partition coefficient (Wildman–Crippen LogP) is 2.78. The molecular formula is C16H18N2O2S. The van der Waals surface area contributed by atoms with Gasteiger partial charge in [0.25, 0.3) is 5.91 Å². The second kappa shape index (κ2) is 4.84. The van der Waals surface area contributed by atoms with Crippen molar-refractivity contribution < 1.29 is 9.59 Å². The molecule has 1 saturated heterocycles. The summed E-state index contributed by atoms with van der Waals surface area (Å²) < 4.78 is 1.18. The maximum atomic E-state index is 12.7. The molecule has 1 N–H and O–H groups in total. The van der Waals surface area contributed by atoms with E-state index in [4.69, 9.17) is 0 Å². The molecule has 0 spiro atoms. The van der Waals surface area contributed by atoms with Gasteiger partial charge >= 0.3 is 0 Å². The number of anilines is 1. The second-order valence-electron chi connectivity index (χ2n) is 6.43. The molecule has 1 atom stereocenters. The Morgan fingerprint density at radius 3 is 2.71 bits per heavy atom. The van der Waals surface area contributed by atoms with Crippen molar-refractivity contribution in [2.24, 2.45) is 5.41 Å². The standard InChI is InChI=1S/C16H18N2O2S/c1-16(2,3)14-15(20)18(9-13(19)17-14)11-4-5-12-10(8-11)6-7-21-12/h4-8,14H,9H2,1-3H3,(H,17,19). The van der Waals surface area contributed by atoms with Crippen molar-refractivity contribution in [2.75, 3.05) is 11.4 Å². The molecule has 2 amide bonds. The first-order chi connectivity index (χ1) is 9.86. The van der Waals surface area contributed by atoms with Crippen LogP contribution in [-0.2, 0) is 9.59 Å². The normalized spacial score (nSPS) is 20.0. The lowest BCUT2D eigenvalue weighted by atomic mass is 9.84. The van der Waals surface area contributed by atoms with E-state index in [0.717, 1.165) is 11.1 Å². The molecule has 1 aromatic carbocycles. The van der Waals surface area contributed by atoms with Gasteiger partial charge in [-0.3, -0.25) is 9.59 Å². The first-order valence-electron chi connectivity index (χ1n) is 6.94. The second-order valence-corrected chi connectivity index (χ2v) is 7.38. The quantitative estimate of drug-likeness (QED) is 0.880. The van der Waals surface area contributed by atoms with E-state index in [9.17, 15) is 9.59 Å². The van der Waals surface area contributed by atoms with Gasteiger partial charge in [0, 0.05) is 10.4 Å². The highest BCUT2D eigenvalue weighted by Crippen LogP contribution is 2.29. The Hall–Kier alpha value is -1.88. The molecule has 0 aliphatic carbocycles. The molecule has 1 aliphatic heterocycles. The number of rotatable bonds is 1. The van der Waals surface area contributed by atoms with Gasteiger partial charge < -0.3 is 10.2 Å². The number of benzene rings is 1. The summed E-state index contributed by atoms with van der Waals surface area (Å²) in [5, 5.41) is 5.94. The molecule has 4 nitrogen and oxygen atoms in total. The van der Waals surface area contributed by atoms with Crippen LogP contribution in [0.4, 0.5) is 5.69 Å². The highest BCUT2D eigenvalue weighted by Gasteiger charge is 2.40. The van der Waals surface area contributed by atoms with E-state index in [1.807, 2.05) is 50.4 Å². The van der Waals surface area contributed by atoms with Gasteiger partial charge in [-0.1, -0.05) is 20.8 Å². The molecule has 2 heterocycles. The van der Waals surface area contributed by atoms with Crippen LogP contribution in [-0.4, -0.2) is 24.4 Å². The van der Waals surface area contributed by atoms with Crippen LogP contribution in [0.25, 0.3) is 10.1 Å². The van der Waals surface area contributed by atoms with Crippen LogP contribution >= 0.6 is 11.3 Å². The van der Waals surface area contributed by atoms with Crippen LogP contribution in [0.1, 0.15) is 20.8 Å². The third kappa shape index (κ3) is 2.53. The fourth-order valence-corrected chi connectivity index (χ4v) is 3.34. The summed E-state index contributed by atoms with van der Waals surface area (Å²) in [5.41, 5.74) is 0.479. The predicted molar refractivity (Wildman–Crippen MR) is 85.6 cm³/mol. The zero-order valence-electron chi connectivity index (χ0n) is 12.3. The molecule has 0 saturated carbocycles. The van der Waals surface area contributed by atoms with E-state index < -0.39 is 6.04 Å². The van der Waals surface area contributed by atoms with Gasteiger partial charge in [-0.2, -0.15) is 0 Å². The molecule has 0 radical (unpaired) electrons. The number of hydrogen-bond acceptors (Lipinski definition) is 3. The van der Waals surface area contributed by atoms with Crippen LogP contribution in [0.5, 0.6) is 0 Å². The molecule has 0 bridgehead atoms. The van der Waals surface area contributed by atoms with Gasteiger partial charge in [0.05, 0.1) is 0 Å². The Labute approximate surface area is 127 Å². The highest BCUT2D eigenvalue weighted by atomic mass is 32.1. The van der Waals surface area contributed by atoms with E-state index in [-0.39, 0.29) is 23.8 Å². The summed E-state index contributed by atoms with van der Waals surface area (Å²) in [6, 6.07) is 7.43. The Kier molecular flexibility index (Phi) is 3.24. The molecule has 21 heavy (non-hydrogen) atoms. The lowest BCUT2D eigenvalue weighted by molar-refractivity contribution is -0.133. The molecule has 1 aliphatic rings. The van der Waals surface area contributed by atoms with Crippen molar-refractivity contribution in [1.29, 1.82) is 0 Å². The lowest BCUT2D eigenvalue weighted by Crippen LogP contribution is -2.62. The van der Waals surface area contributed by atoms with Crippen molar-refractivity contribution >= 4 is 38.9 Å². The smallest absolute Gasteiger partial charge is 0.250 e. The van der Waals surface area contributed by atoms with Gasteiger partial charge in [-0.15, -0.1) is 11.3 Å². The Balaban J connectivity index is 1.99. The summed E-state index contributed by atoms with van der Waals surface area (Å²) in [6.07, 6.45) is 0. The number of hydrogen-bond donors (Lipinski definition) is 1. The van der Waals surface area contributed by atoms with Gasteiger partial charge in [0.1, 0.15) is 12.6 Å².